The molecule has 4 aliphatic carbocycles. The van der Waals surface area contributed by atoms with Gasteiger partial charge in [0.15, 0.2) is 0 Å². The molecule has 2 heteroatoms. The lowest BCUT2D eigenvalue weighted by atomic mass is 9.44. The molecule has 0 N–H and O–H groups in total. The first-order valence-corrected chi connectivity index (χ1v) is 10.5. The van der Waals surface area contributed by atoms with Gasteiger partial charge in [-0.25, -0.2) is 0 Å². The van der Waals surface area contributed by atoms with E-state index >= 15 is 0 Å². The lowest BCUT2D eigenvalue weighted by molar-refractivity contribution is -0.151. The van der Waals surface area contributed by atoms with Crippen molar-refractivity contribution < 1.29 is 9.53 Å². The number of methoxy groups -OCH3 is 1. The molecule has 4 saturated carbocycles. The van der Waals surface area contributed by atoms with Gasteiger partial charge < -0.3 is 4.74 Å². The van der Waals surface area contributed by atoms with E-state index in [0.29, 0.717) is 34.6 Å². The Morgan fingerprint density at radius 2 is 1.79 bits per heavy atom. The first kappa shape index (κ1) is 17.1. The maximum atomic E-state index is 12.5. The summed E-state index contributed by atoms with van der Waals surface area (Å²) in [5.74, 6) is 4.17. The Bertz CT molecular complexity index is 514. The largest absolute Gasteiger partial charge is 0.381 e. The van der Waals surface area contributed by atoms with Crippen LogP contribution in [0.4, 0.5) is 0 Å². The molecule has 4 aliphatic rings. The normalized spacial score (nSPS) is 54.1. The van der Waals surface area contributed by atoms with Crippen LogP contribution in [0.1, 0.15) is 78.6 Å². The molecule has 0 bridgehead atoms. The molecular formula is C22H36O2. The standard InChI is InChI=1S/C22H36O2/c1-5-14-13-22(3)15(12-19(14)23)6-7-16-17-8-9-20(24-4)21(17,2)11-10-18(16)22/h14-18,20H,5-13H2,1-4H3/t14?,15?,16-,17-,18+,20?,21-,22-/m0/s1. The molecule has 0 saturated heterocycles. The van der Waals surface area contributed by atoms with Crippen LogP contribution in [-0.4, -0.2) is 19.0 Å². The molecule has 0 spiro atoms. The maximum absolute atomic E-state index is 12.5. The number of rotatable bonds is 2. The Hall–Kier alpha value is -0.370. The fourth-order valence-corrected chi connectivity index (χ4v) is 7.95. The summed E-state index contributed by atoms with van der Waals surface area (Å²) < 4.78 is 5.90. The Morgan fingerprint density at radius 1 is 1.04 bits per heavy atom. The van der Waals surface area contributed by atoms with E-state index in [1.807, 2.05) is 7.11 Å². The zero-order chi connectivity index (χ0) is 17.1. The third-order valence-corrected chi connectivity index (χ3v) is 9.34. The second kappa shape index (κ2) is 5.83. The highest BCUT2D eigenvalue weighted by Crippen LogP contribution is 2.66. The molecule has 4 fully saturated rings. The smallest absolute Gasteiger partial charge is 0.136 e. The van der Waals surface area contributed by atoms with Crippen molar-refractivity contribution in [2.24, 2.45) is 40.4 Å². The topological polar surface area (TPSA) is 26.3 Å². The molecule has 136 valence electrons. The van der Waals surface area contributed by atoms with Gasteiger partial charge in [0, 0.05) is 19.4 Å². The first-order chi connectivity index (χ1) is 11.4. The highest BCUT2D eigenvalue weighted by Gasteiger charge is 2.61. The highest BCUT2D eigenvalue weighted by molar-refractivity contribution is 5.82. The van der Waals surface area contributed by atoms with Gasteiger partial charge in [-0.2, -0.15) is 0 Å². The molecule has 0 aromatic carbocycles. The van der Waals surface area contributed by atoms with Crippen molar-refractivity contribution in [3.05, 3.63) is 0 Å². The summed E-state index contributed by atoms with van der Waals surface area (Å²) in [6.07, 6.45) is 11.6. The van der Waals surface area contributed by atoms with Gasteiger partial charge in [-0.15, -0.1) is 0 Å². The quantitative estimate of drug-likeness (QED) is 0.690. The number of fused-ring (bicyclic) bond motifs is 5. The number of ketones is 1. The fourth-order valence-electron chi connectivity index (χ4n) is 7.95. The minimum atomic E-state index is 0.341. The predicted molar refractivity (Wildman–Crippen MR) is 96.7 cm³/mol. The first-order valence-electron chi connectivity index (χ1n) is 10.5. The van der Waals surface area contributed by atoms with Crippen LogP contribution in [0, 0.1) is 40.4 Å². The molecule has 4 rings (SSSR count). The van der Waals surface area contributed by atoms with E-state index in [2.05, 4.69) is 20.8 Å². The van der Waals surface area contributed by atoms with Crippen molar-refractivity contribution in [2.75, 3.05) is 7.11 Å². The van der Waals surface area contributed by atoms with E-state index in [1.165, 1.54) is 44.9 Å². The average Bonchev–Trinajstić information content (AvgIpc) is 2.91. The van der Waals surface area contributed by atoms with Gasteiger partial charge in [-0.1, -0.05) is 20.8 Å². The average molecular weight is 333 g/mol. The van der Waals surface area contributed by atoms with E-state index in [9.17, 15) is 4.79 Å². The molecule has 3 unspecified atom stereocenters. The predicted octanol–water partition coefficient (Wildman–Crippen LogP) is 5.25. The van der Waals surface area contributed by atoms with E-state index in [4.69, 9.17) is 4.74 Å². The Labute approximate surface area is 148 Å². The number of hydrogen-bond acceptors (Lipinski definition) is 2. The summed E-state index contributed by atoms with van der Waals surface area (Å²) in [5, 5.41) is 0. The fraction of sp³-hybridized carbons (Fsp3) is 0.955. The van der Waals surface area contributed by atoms with E-state index in [0.717, 1.165) is 30.6 Å². The van der Waals surface area contributed by atoms with Gasteiger partial charge in [0.25, 0.3) is 0 Å². The van der Waals surface area contributed by atoms with Gasteiger partial charge in [0.05, 0.1) is 6.10 Å². The van der Waals surface area contributed by atoms with Crippen molar-refractivity contribution >= 4 is 5.78 Å². The molecule has 0 aliphatic heterocycles. The van der Waals surface area contributed by atoms with Gasteiger partial charge in [-0.3, -0.25) is 4.79 Å². The Morgan fingerprint density at radius 3 is 2.50 bits per heavy atom. The van der Waals surface area contributed by atoms with E-state index in [-0.39, 0.29) is 0 Å². The lowest BCUT2D eigenvalue weighted by Crippen LogP contribution is -2.55. The van der Waals surface area contributed by atoms with Crippen LogP contribution < -0.4 is 0 Å². The summed E-state index contributed by atoms with van der Waals surface area (Å²) in [6.45, 7) is 7.29. The number of carbonyl (C=O) groups excluding carboxylic acids is 1. The SMILES string of the molecule is CCC1C[C@@]2(C)C(CC[C@@H]3[C@H]2CC[C@]2(C)C(OC)CC[C@@H]32)CC1=O. The van der Waals surface area contributed by atoms with Gasteiger partial charge in [0.1, 0.15) is 5.78 Å². The minimum absolute atomic E-state index is 0.341. The Balaban J connectivity index is 1.62. The van der Waals surface area contributed by atoms with Crippen LogP contribution in [0.5, 0.6) is 0 Å². The van der Waals surface area contributed by atoms with E-state index < -0.39 is 0 Å². The third-order valence-electron chi connectivity index (χ3n) is 9.34. The van der Waals surface area contributed by atoms with Crippen molar-refractivity contribution in [2.45, 2.75) is 84.7 Å². The zero-order valence-electron chi connectivity index (χ0n) is 16.1. The lowest BCUT2D eigenvalue weighted by Gasteiger charge is -2.61. The number of ether oxygens (including phenoxy) is 1. The van der Waals surface area contributed by atoms with Crippen LogP contribution >= 0.6 is 0 Å². The van der Waals surface area contributed by atoms with Gasteiger partial charge in [-0.05, 0) is 85.9 Å². The van der Waals surface area contributed by atoms with Crippen molar-refractivity contribution in [3.63, 3.8) is 0 Å². The molecule has 24 heavy (non-hydrogen) atoms. The third kappa shape index (κ3) is 2.20. The van der Waals surface area contributed by atoms with Crippen LogP contribution in [-0.2, 0) is 9.53 Å². The zero-order valence-corrected chi connectivity index (χ0v) is 16.1. The van der Waals surface area contributed by atoms with Crippen LogP contribution in [0.15, 0.2) is 0 Å². The number of Topliss-reactive ketones (excluding diaryl/α,β-unsaturated/α-hetero) is 1. The summed E-state index contributed by atoms with van der Waals surface area (Å²) in [5.41, 5.74) is 0.831. The van der Waals surface area contributed by atoms with Gasteiger partial charge in [0.2, 0.25) is 0 Å². The maximum Gasteiger partial charge on any atom is 0.136 e. The molecular weight excluding hydrogens is 296 g/mol. The van der Waals surface area contributed by atoms with Gasteiger partial charge >= 0.3 is 0 Å². The molecule has 0 aromatic rings. The summed E-state index contributed by atoms with van der Waals surface area (Å²) in [7, 11) is 1.92. The summed E-state index contributed by atoms with van der Waals surface area (Å²) in [4.78, 5) is 12.5. The Kier molecular flexibility index (Phi) is 4.14. The molecule has 0 heterocycles. The molecule has 0 radical (unpaired) electrons. The molecule has 0 amide bonds. The molecule has 2 nitrogen and oxygen atoms in total. The van der Waals surface area contributed by atoms with Crippen molar-refractivity contribution in [1.82, 2.24) is 0 Å². The second-order valence-corrected chi connectivity index (χ2v) is 9.98. The number of carbonyl (C=O) groups is 1. The monoisotopic (exact) mass is 332 g/mol. The van der Waals surface area contributed by atoms with Crippen LogP contribution in [0.2, 0.25) is 0 Å². The highest BCUT2D eigenvalue weighted by atomic mass is 16.5. The van der Waals surface area contributed by atoms with Crippen molar-refractivity contribution in [1.29, 1.82) is 0 Å². The summed E-state index contributed by atoms with van der Waals surface area (Å²) in [6, 6.07) is 0. The molecule has 0 aromatic heterocycles. The van der Waals surface area contributed by atoms with Crippen molar-refractivity contribution in [3.8, 4) is 0 Å². The van der Waals surface area contributed by atoms with Crippen LogP contribution in [0.25, 0.3) is 0 Å². The molecule has 8 atom stereocenters. The van der Waals surface area contributed by atoms with Crippen LogP contribution in [0.3, 0.4) is 0 Å². The van der Waals surface area contributed by atoms with E-state index in [1.54, 1.807) is 0 Å². The summed E-state index contributed by atoms with van der Waals surface area (Å²) >= 11 is 0. The minimum Gasteiger partial charge on any atom is -0.381 e. The number of hydrogen-bond donors (Lipinski definition) is 0. The second-order valence-electron chi connectivity index (χ2n) is 9.98.